The molecule has 2 aliphatic rings. The second-order valence-corrected chi connectivity index (χ2v) is 12.0. The molecule has 2 fully saturated rings. The molecule has 0 saturated heterocycles. The summed E-state index contributed by atoms with van der Waals surface area (Å²) in [7, 11) is 0. The topological polar surface area (TPSA) is 75.9 Å². The predicted molar refractivity (Wildman–Crippen MR) is 156 cm³/mol. The third kappa shape index (κ3) is 9.16. The van der Waals surface area contributed by atoms with Crippen molar-refractivity contribution in [1.29, 1.82) is 5.26 Å². The summed E-state index contributed by atoms with van der Waals surface area (Å²) in [6, 6.07) is 9.33. The fraction of sp³-hybridized carbons (Fsp3) is 0.647. The van der Waals surface area contributed by atoms with Crippen LogP contribution < -0.4 is 4.74 Å². The van der Waals surface area contributed by atoms with E-state index in [1.165, 1.54) is 109 Å². The van der Waals surface area contributed by atoms with Crippen molar-refractivity contribution in [2.75, 3.05) is 0 Å². The number of carbonyl (C=O) groups excluding carboxylic acids is 1. The Morgan fingerprint density at radius 2 is 1.38 bits per heavy atom. The summed E-state index contributed by atoms with van der Waals surface area (Å²) in [5.74, 6) is 3.66. The zero-order valence-corrected chi connectivity index (χ0v) is 24.0. The number of unbranched alkanes of at least 4 members (excludes halogenated alkanes) is 7. The van der Waals surface area contributed by atoms with Crippen LogP contribution in [0, 0.1) is 35.0 Å². The van der Waals surface area contributed by atoms with Crippen LogP contribution in [0.25, 0.3) is 11.4 Å². The summed E-state index contributed by atoms with van der Waals surface area (Å²) in [5.41, 5.74) is 1.26. The lowest BCUT2D eigenvalue weighted by Crippen LogP contribution is -2.30. The Labute approximate surface area is 235 Å². The third-order valence-electron chi connectivity index (χ3n) is 9.24. The zero-order chi connectivity index (χ0) is 27.3. The minimum Gasteiger partial charge on any atom is -0.426 e. The Balaban J connectivity index is 1.11. The van der Waals surface area contributed by atoms with Crippen molar-refractivity contribution in [1.82, 2.24) is 9.97 Å². The van der Waals surface area contributed by atoms with Crippen LogP contribution in [0.1, 0.15) is 122 Å². The van der Waals surface area contributed by atoms with E-state index in [1.807, 2.05) is 18.2 Å². The molecule has 5 heteroatoms. The average Bonchev–Trinajstić information content (AvgIpc) is 2.99. The van der Waals surface area contributed by atoms with Crippen LogP contribution in [-0.2, 0) is 4.79 Å². The van der Waals surface area contributed by atoms with Crippen molar-refractivity contribution in [3.05, 3.63) is 42.2 Å². The van der Waals surface area contributed by atoms with Gasteiger partial charge < -0.3 is 4.74 Å². The van der Waals surface area contributed by atoms with Gasteiger partial charge in [-0.2, -0.15) is 5.26 Å². The van der Waals surface area contributed by atoms with Crippen LogP contribution in [-0.4, -0.2) is 15.9 Å². The van der Waals surface area contributed by atoms with Gasteiger partial charge in [-0.3, -0.25) is 4.79 Å². The minimum atomic E-state index is -0.0927. The van der Waals surface area contributed by atoms with E-state index in [-0.39, 0.29) is 11.9 Å². The lowest BCUT2D eigenvalue weighted by atomic mass is 9.68. The fourth-order valence-corrected chi connectivity index (χ4v) is 6.75. The highest BCUT2D eigenvalue weighted by molar-refractivity contribution is 5.75. The zero-order valence-electron chi connectivity index (χ0n) is 24.0. The number of benzene rings is 1. The molecule has 0 unspecified atom stereocenters. The van der Waals surface area contributed by atoms with Crippen LogP contribution in [0.15, 0.2) is 36.7 Å². The van der Waals surface area contributed by atoms with E-state index in [4.69, 9.17) is 10.00 Å². The lowest BCUT2D eigenvalue weighted by molar-refractivity contribution is -0.140. The van der Waals surface area contributed by atoms with Gasteiger partial charge in [0.05, 0.1) is 11.5 Å². The van der Waals surface area contributed by atoms with Gasteiger partial charge >= 0.3 is 5.97 Å². The number of nitriles is 1. The van der Waals surface area contributed by atoms with E-state index in [2.05, 4.69) is 16.9 Å². The lowest BCUT2D eigenvalue weighted by Gasteiger charge is -2.37. The summed E-state index contributed by atoms with van der Waals surface area (Å²) in [6.07, 6.45) is 25.7. The van der Waals surface area contributed by atoms with Gasteiger partial charge in [-0.15, -0.1) is 0 Å². The number of carbonyl (C=O) groups is 1. The molecule has 2 aromatic rings. The maximum atomic E-state index is 12.9. The van der Waals surface area contributed by atoms with E-state index in [9.17, 15) is 4.79 Å². The molecular weight excluding hydrogens is 482 g/mol. The standard InChI is InChI=1S/C34H47N3O2/c1-2-3-4-5-6-7-8-9-10-26-11-13-28(14-12-26)29-15-17-31(18-16-29)34(38)39-32-21-19-30(20-22-32)33-36-24-27(23-35)25-37-33/h19-22,24-26,28-29,31H,2-18H2,1H3/t26-,28-,29-,31-. The normalized spacial score (nSPS) is 23.2. The van der Waals surface area contributed by atoms with Gasteiger partial charge in [0.25, 0.3) is 0 Å². The number of nitrogens with zero attached hydrogens (tertiary/aromatic N) is 3. The highest BCUT2D eigenvalue weighted by Crippen LogP contribution is 2.42. The Kier molecular flexibility index (Phi) is 11.8. The molecule has 1 aromatic heterocycles. The Morgan fingerprint density at radius 3 is 1.97 bits per heavy atom. The van der Waals surface area contributed by atoms with Gasteiger partial charge in [0, 0.05) is 18.0 Å². The van der Waals surface area contributed by atoms with Crippen LogP contribution >= 0.6 is 0 Å². The molecular formula is C34H47N3O2. The largest absolute Gasteiger partial charge is 0.426 e. The molecule has 0 bridgehead atoms. The number of aromatic nitrogens is 2. The highest BCUT2D eigenvalue weighted by Gasteiger charge is 2.33. The van der Waals surface area contributed by atoms with Crippen molar-refractivity contribution >= 4 is 5.97 Å². The third-order valence-corrected chi connectivity index (χ3v) is 9.24. The minimum absolute atomic E-state index is 0.0149. The van der Waals surface area contributed by atoms with E-state index in [0.717, 1.165) is 36.2 Å². The van der Waals surface area contributed by atoms with E-state index < -0.39 is 0 Å². The molecule has 1 heterocycles. The summed E-state index contributed by atoms with van der Waals surface area (Å²) in [5, 5.41) is 8.90. The molecule has 5 nitrogen and oxygen atoms in total. The second-order valence-electron chi connectivity index (χ2n) is 12.0. The molecule has 2 saturated carbocycles. The average molecular weight is 530 g/mol. The first kappa shape index (κ1) is 29.2. The van der Waals surface area contributed by atoms with E-state index >= 15 is 0 Å². The second kappa shape index (κ2) is 15.8. The number of esters is 1. The molecule has 39 heavy (non-hydrogen) atoms. The SMILES string of the molecule is CCCCCCCCCC[C@H]1CC[C@H]([C@H]2CC[C@H](C(=O)Oc3ccc(-c4ncc(C#N)cn4)cc3)CC2)CC1. The number of rotatable bonds is 13. The van der Waals surface area contributed by atoms with Gasteiger partial charge in [0.15, 0.2) is 5.82 Å². The van der Waals surface area contributed by atoms with Crippen molar-refractivity contribution in [3.63, 3.8) is 0 Å². The molecule has 0 radical (unpaired) electrons. The van der Waals surface area contributed by atoms with E-state index in [1.54, 1.807) is 12.1 Å². The van der Waals surface area contributed by atoms with Crippen molar-refractivity contribution < 1.29 is 9.53 Å². The predicted octanol–water partition coefficient (Wildman–Crippen LogP) is 9.06. The Morgan fingerprint density at radius 1 is 0.821 bits per heavy atom. The smallest absolute Gasteiger partial charge is 0.314 e. The quantitative estimate of drug-likeness (QED) is 0.147. The van der Waals surface area contributed by atoms with Crippen LogP contribution in [0.2, 0.25) is 0 Å². The monoisotopic (exact) mass is 529 g/mol. The Bertz CT molecular complexity index is 1030. The molecule has 0 aliphatic heterocycles. The summed E-state index contributed by atoms with van der Waals surface area (Å²) in [6.45, 7) is 2.29. The van der Waals surface area contributed by atoms with Crippen molar-refractivity contribution in [2.24, 2.45) is 23.7 Å². The van der Waals surface area contributed by atoms with Gasteiger partial charge in [-0.25, -0.2) is 9.97 Å². The number of ether oxygens (including phenoxy) is 1. The van der Waals surface area contributed by atoms with Crippen LogP contribution in [0.4, 0.5) is 0 Å². The summed E-state index contributed by atoms with van der Waals surface area (Å²) >= 11 is 0. The first-order valence-corrected chi connectivity index (χ1v) is 15.7. The van der Waals surface area contributed by atoms with Gasteiger partial charge in [-0.1, -0.05) is 77.6 Å². The first-order valence-electron chi connectivity index (χ1n) is 15.7. The van der Waals surface area contributed by atoms with Crippen LogP contribution in [0.5, 0.6) is 5.75 Å². The number of hydrogen-bond acceptors (Lipinski definition) is 5. The maximum absolute atomic E-state index is 12.9. The van der Waals surface area contributed by atoms with Gasteiger partial charge in [-0.05, 0) is 80.5 Å². The fourth-order valence-electron chi connectivity index (χ4n) is 6.75. The molecule has 0 N–H and O–H groups in total. The van der Waals surface area contributed by atoms with Gasteiger partial charge in [0.1, 0.15) is 11.8 Å². The van der Waals surface area contributed by atoms with Crippen molar-refractivity contribution in [2.45, 2.75) is 116 Å². The first-order chi connectivity index (χ1) is 19.2. The molecule has 2 aliphatic carbocycles. The molecule has 210 valence electrons. The molecule has 0 spiro atoms. The summed E-state index contributed by atoms with van der Waals surface area (Å²) in [4.78, 5) is 21.3. The van der Waals surface area contributed by atoms with Crippen LogP contribution in [0.3, 0.4) is 0 Å². The summed E-state index contributed by atoms with van der Waals surface area (Å²) < 4.78 is 5.73. The molecule has 0 amide bonds. The van der Waals surface area contributed by atoms with Gasteiger partial charge in [0.2, 0.25) is 0 Å². The molecule has 1 aromatic carbocycles. The van der Waals surface area contributed by atoms with Crippen molar-refractivity contribution in [3.8, 4) is 23.2 Å². The number of hydrogen-bond donors (Lipinski definition) is 0. The van der Waals surface area contributed by atoms with E-state index in [0.29, 0.717) is 17.1 Å². The highest BCUT2D eigenvalue weighted by atomic mass is 16.5. The Hall–Kier alpha value is -2.74. The maximum Gasteiger partial charge on any atom is 0.314 e. The molecule has 4 rings (SSSR count). The molecule has 0 atom stereocenters.